The molecule has 0 unspecified atom stereocenters. The molecule has 2 aromatic rings. The fourth-order valence-corrected chi connectivity index (χ4v) is 4.80. The molecule has 2 aliphatic rings. The highest BCUT2D eigenvalue weighted by Gasteiger charge is 2.41. The number of carbonyl (C=O) groups excluding carboxylic acids is 1. The van der Waals surface area contributed by atoms with Crippen molar-refractivity contribution < 1.29 is 26.7 Å². The third-order valence-electron chi connectivity index (χ3n) is 6.39. The van der Waals surface area contributed by atoms with Crippen molar-refractivity contribution in [1.82, 2.24) is 20.0 Å². The van der Waals surface area contributed by atoms with Gasteiger partial charge in [-0.25, -0.2) is 8.78 Å². The van der Waals surface area contributed by atoms with Crippen molar-refractivity contribution in [2.24, 2.45) is 0 Å². The van der Waals surface area contributed by atoms with Crippen molar-refractivity contribution in [1.29, 1.82) is 0 Å². The molecule has 174 valence electrons. The van der Waals surface area contributed by atoms with Crippen molar-refractivity contribution in [2.75, 3.05) is 26.2 Å². The number of aromatic nitrogens is 2. The summed E-state index contributed by atoms with van der Waals surface area (Å²) in [6, 6.07) is 1.74. The fraction of sp³-hybridized carbons (Fsp3) is 0.545. The van der Waals surface area contributed by atoms with E-state index in [0.717, 1.165) is 42.9 Å². The molecule has 32 heavy (non-hydrogen) atoms. The zero-order chi connectivity index (χ0) is 23.0. The fourth-order valence-electron chi connectivity index (χ4n) is 4.80. The second kappa shape index (κ2) is 8.80. The summed E-state index contributed by atoms with van der Waals surface area (Å²) < 4.78 is 67.6. The minimum Gasteiger partial charge on any atom is -0.337 e. The monoisotopic (exact) mass is 456 g/mol. The quantitative estimate of drug-likeness (QED) is 0.690. The lowest BCUT2D eigenvalue weighted by atomic mass is 9.85. The van der Waals surface area contributed by atoms with Gasteiger partial charge in [0.1, 0.15) is 0 Å². The Morgan fingerprint density at radius 3 is 2.56 bits per heavy atom. The number of alkyl halides is 3. The summed E-state index contributed by atoms with van der Waals surface area (Å²) >= 11 is 0. The van der Waals surface area contributed by atoms with E-state index in [-0.39, 0.29) is 37.4 Å². The molecule has 1 amide bonds. The number of hydrogen-bond donors (Lipinski definition) is 1. The number of halogens is 5. The molecule has 0 spiro atoms. The van der Waals surface area contributed by atoms with E-state index in [1.54, 1.807) is 4.90 Å². The summed E-state index contributed by atoms with van der Waals surface area (Å²) in [5, 5.41) is 7.19. The van der Waals surface area contributed by atoms with E-state index in [9.17, 15) is 26.7 Å². The molecular weight excluding hydrogens is 431 g/mol. The number of benzene rings is 1. The second-order valence-electron chi connectivity index (χ2n) is 8.45. The van der Waals surface area contributed by atoms with Gasteiger partial charge in [-0.15, -0.1) is 0 Å². The number of rotatable bonds is 4. The van der Waals surface area contributed by atoms with Crippen LogP contribution in [0.5, 0.6) is 0 Å². The molecule has 2 aliphatic heterocycles. The number of aromatic amines is 1. The van der Waals surface area contributed by atoms with Crippen LogP contribution in [0.4, 0.5) is 22.0 Å². The molecular formula is C22H25F5N4O. The molecule has 0 bridgehead atoms. The summed E-state index contributed by atoms with van der Waals surface area (Å²) in [6.07, 6.45) is -2.77. The maximum Gasteiger partial charge on any atom is 0.419 e. The number of carbonyl (C=O) groups is 1. The lowest BCUT2D eigenvalue weighted by Gasteiger charge is -2.33. The molecule has 0 atom stereocenters. The topological polar surface area (TPSA) is 52.2 Å². The van der Waals surface area contributed by atoms with Crippen LogP contribution in [-0.4, -0.2) is 52.1 Å². The zero-order valence-corrected chi connectivity index (χ0v) is 17.7. The average Bonchev–Trinajstić information content (AvgIpc) is 3.18. The van der Waals surface area contributed by atoms with Gasteiger partial charge in [-0.1, -0.05) is 13.0 Å². The smallest absolute Gasteiger partial charge is 0.337 e. The SMILES string of the molecule is CCCN1CCc2c(C(=O)N3CCC(c4ccc(F)c(F)c4C(F)(F)F)CC3)n[nH]c2C1. The van der Waals surface area contributed by atoms with E-state index in [2.05, 4.69) is 22.0 Å². The van der Waals surface area contributed by atoms with Gasteiger partial charge in [-0.3, -0.25) is 14.8 Å². The Morgan fingerprint density at radius 2 is 1.91 bits per heavy atom. The lowest BCUT2D eigenvalue weighted by Crippen LogP contribution is -2.39. The standard InChI is InChI=1S/C22H25F5N4O/c1-2-8-30-9-7-15-17(12-30)28-29-20(15)21(32)31-10-5-13(6-11-31)14-3-4-16(23)19(24)18(14)22(25,26)27/h3-4,13H,2,5-12H2,1H3,(H,28,29). The molecule has 1 N–H and O–H groups in total. The summed E-state index contributed by atoms with van der Waals surface area (Å²) in [4.78, 5) is 16.9. The van der Waals surface area contributed by atoms with Gasteiger partial charge >= 0.3 is 6.18 Å². The molecule has 1 aromatic carbocycles. The third-order valence-corrected chi connectivity index (χ3v) is 6.39. The second-order valence-corrected chi connectivity index (χ2v) is 8.45. The maximum absolute atomic E-state index is 14.0. The van der Waals surface area contributed by atoms with Crippen molar-refractivity contribution in [3.63, 3.8) is 0 Å². The number of likely N-dealkylation sites (tertiary alicyclic amines) is 1. The Balaban J connectivity index is 1.47. The van der Waals surface area contributed by atoms with Crippen LogP contribution in [0.1, 0.15) is 65.0 Å². The minimum atomic E-state index is -4.99. The van der Waals surface area contributed by atoms with Crippen molar-refractivity contribution in [3.8, 4) is 0 Å². The Kier molecular flexibility index (Phi) is 6.24. The number of fused-ring (bicyclic) bond motifs is 1. The molecule has 10 heteroatoms. The first-order valence-electron chi connectivity index (χ1n) is 10.8. The van der Waals surface area contributed by atoms with Crippen LogP contribution in [0.3, 0.4) is 0 Å². The molecule has 5 nitrogen and oxygen atoms in total. The van der Waals surface area contributed by atoms with Gasteiger partial charge in [0.25, 0.3) is 5.91 Å². The molecule has 1 fully saturated rings. The molecule has 0 aliphatic carbocycles. The van der Waals surface area contributed by atoms with Crippen LogP contribution >= 0.6 is 0 Å². The van der Waals surface area contributed by atoms with E-state index in [1.807, 2.05) is 0 Å². The number of nitrogens with zero attached hydrogens (tertiary/aromatic N) is 3. The molecule has 4 rings (SSSR count). The molecule has 1 saturated heterocycles. The molecule has 0 radical (unpaired) electrons. The summed E-state index contributed by atoms with van der Waals surface area (Å²) in [5.74, 6) is -4.24. The molecule has 1 aromatic heterocycles. The van der Waals surface area contributed by atoms with Gasteiger partial charge < -0.3 is 4.90 Å². The van der Waals surface area contributed by atoms with Gasteiger partial charge in [-0.05, 0) is 49.8 Å². The van der Waals surface area contributed by atoms with Gasteiger partial charge in [-0.2, -0.15) is 18.3 Å². The van der Waals surface area contributed by atoms with Crippen LogP contribution in [0, 0.1) is 11.6 Å². The number of piperidine rings is 1. The van der Waals surface area contributed by atoms with Crippen molar-refractivity contribution >= 4 is 5.91 Å². The van der Waals surface area contributed by atoms with Crippen LogP contribution in [-0.2, 0) is 19.1 Å². The Bertz CT molecular complexity index is 995. The first kappa shape index (κ1) is 22.7. The van der Waals surface area contributed by atoms with Crippen LogP contribution in [0.25, 0.3) is 0 Å². The summed E-state index contributed by atoms with van der Waals surface area (Å²) in [5.41, 5.74) is 0.416. The Morgan fingerprint density at radius 1 is 1.19 bits per heavy atom. The zero-order valence-electron chi connectivity index (χ0n) is 17.7. The maximum atomic E-state index is 14.0. The number of H-pyrrole nitrogens is 1. The van der Waals surface area contributed by atoms with Crippen molar-refractivity contribution in [3.05, 3.63) is 51.8 Å². The third kappa shape index (κ3) is 4.24. The molecule has 3 heterocycles. The average molecular weight is 456 g/mol. The van der Waals surface area contributed by atoms with E-state index >= 15 is 0 Å². The van der Waals surface area contributed by atoms with Gasteiger partial charge in [0.2, 0.25) is 0 Å². The highest BCUT2D eigenvalue weighted by Crippen LogP contribution is 2.41. The van der Waals surface area contributed by atoms with Gasteiger partial charge in [0, 0.05) is 31.7 Å². The van der Waals surface area contributed by atoms with E-state index in [1.165, 1.54) is 0 Å². The van der Waals surface area contributed by atoms with Crippen LogP contribution in [0.15, 0.2) is 12.1 Å². The Hall–Kier alpha value is -2.49. The first-order chi connectivity index (χ1) is 15.2. The Labute approximate surface area is 182 Å². The number of amides is 1. The highest BCUT2D eigenvalue weighted by molar-refractivity contribution is 5.94. The van der Waals surface area contributed by atoms with Gasteiger partial charge in [0.05, 0.1) is 11.3 Å². The first-order valence-corrected chi connectivity index (χ1v) is 10.8. The normalized spacial score (nSPS) is 18.1. The summed E-state index contributed by atoms with van der Waals surface area (Å²) in [7, 11) is 0. The van der Waals surface area contributed by atoms with E-state index in [0.29, 0.717) is 18.7 Å². The molecule has 0 saturated carbocycles. The highest BCUT2D eigenvalue weighted by atomic mass is 19.4. The lowest BCUT2D eigenvalue weighted by molar-refractivity contribution is -0.141. The predicted molar refractivity (Wildman–Crippen MR) is 107 cm³/mol. The number of nitrogens with one attached hydrogen (secondary N) is 1. The minimum absolute atomic E-state index is 0.226. The van der Waals surface area contributed by atoms with E-state index < -0.39 is 29.3 Å². The van der Waals surface area contributed by atoms with Crippen LogP contribution in [0.2, 0.25) is 0 Å². The summed E-state index contributed by atoms with van der Waals surface area (Å²) in [6.45, 7) is 5.09. The van der Waals surface area contributed by atoms with Crippen molar-refractivity contribution in [2.45, 2.75) is 51.2 Å². The predicted octanol–water partition coefficient (Wildman–Crippen LogP) is 4.49. The van der Waals surface area contributed by atoms with Crippen LogP contribution < -0.4 is 0 Å². The van der Waals surface area contributed by atoms with E-state index in [4.69, 9.17) is 0 Å². The number of hydrogen-bond acceptors (Lipinski definition) is 3. The largest absolute Gasteiger partial charge is 0.419 e. The van der Waals surface area contributed by atoms with Gasteiger partial charge in [0.15, 0.2) is 17.3 Å².